The predicted molar refractivity (Wildman–Crippen MR) is 80.9 cm³/mol. The van der Waals surface area contributed by atoms with Gasteiger partial charge >= 0.3 is 0 Å². The lowest BCUT2D eigenvalue weighted by Gasteiger charge is -2.15. The molecule has 19 heavy (non-hydrogen) atoms. The molecule has 2 rings (SSSR count). The molecule has 0 fully saturated rings. The minimum absolute atomic E-state index is 0.468. The molecular formula is C16H21NOS. The van der Waals surface area contributed by atoms with E-state index in [2.05, 4.69) is 44.8 Å². The molecule has 2 aromatic rings. The monoisotopic (exact) mass is 275 g/mol. The van der Waals surface area contributed by atoms with E-state index >= 15 is 0 Å². The average molecular weight is 275 g/mol. The second kappa shape index (κ2) is 5.43. The lowest BCUT2D eigenvalue weighted by atomic mass is 9.96. The summed E-state index contributed by atoms with van der Waals surface area (Å²) in [6.45, 7) is 10.3. The van der Waals surface area contributed by atoms with Crippen LogP contribution < -0.4 is 0 Å². The second-order valence-corrected chi connectivity index (χ2v) is 6.55. The standard InChI is InChI=1S/C16H21NOS/c1-9-6-11(3)14(7-10(9)2)15(18)8-16-17-12(4)13(5)19-16/h6-7,15,18H,8H2,1-5H3. The number of aliphatic hydroxyl groups is 1. The molecule has 2 nitrogen and oxygen atoms in total. The van der Waals surface area contributed by atoms with Crippen molar-refractivity contribution in [3.8, 4) is 0 Å². The number of hydrogen-bond donors (Lipinski definition) is 1. The molecule has 0 radical (unpaired) electrons. The molecular weight excluding hydrogens is 254 g/mol. The van der Waals surface area contributed by atoms with Gasteiger partial charge in [-0.2, -0.15) is 0 Å². The summed E-state index contributed by atoms with van der Waals surface area (Å²) in [7, 11) is 0. The van der Waals surface area contributed by atoms with Crippen LogP contribution in [0.3, 0.4) is 0 Å². The highest BCUT2D eigenvalue weighted by Crippen LogP contribution is 2.27. The Hall–Kier alpha value is -1.19. The molecule has 0 amide bonds. The van der Waals surface area contributed by atoms with Crippen molar-refractivity contribution < 1.29 is 5.11 Å². The van der Waals surface area contributed by atoms with Gasteiger partial charge in [0.25, 0.3) is 0 Å². The summed E-state index contributed by atoms with van der Waals surface area (Å²) in [5.41, 5.74) is 5.75. The molecule has 1 heterocycles. The molecule has 0 bridgehead atoms. The zero-order chi connectivity index (χ0) is 14.2. The Balaban J connectivity index is 2.24. The molecule has 0 aliphatic rings. The van der Waals surface area contributed by atoms with Gasteiger partial charge in [0.15, 0.2) is 0 Å². The minimum Gasteiger partial charge on any atom is -0.388 e. The van der Waals surface area contributed by atoms with E-state index in [9.17, 15) is 5.11 Å². The van der Waals surface area contributed by atoms with Gasteiger partial charge in [-0.3, -0.25) is 0 Å². The van der Waals surface area contributed by atoms with Crippen LogP contribution in [-0.2, 0) is 6.42 Å². The van der Waals surface area contributed by atoms with Gasteiger partial charge in [0.2, 0.25) is 0 Å². The first-order valence-corrected chi connectivity index (χ1v) is 7.39. The van der Waals surface area contributed by atoms with Crippen LogP contribution in [0, 0.1) is 34.6 Å². The summed E-state index contributed by atoms with van der Waals surface area (Å²) < 4.78 is 0. The number of rotatable bonds is 3. The first-order chi connectivity index (χ1) is 8.88. The molecule has 102 valence electrons. The zero-order valence-electron chi connectivity index (χ0n) is 12.2. The molecule has 0 saturated heterocycles. The highest BCUT2D eigenvalue weighted by atomic mass is 32.1. The van der Waals surface area contributed by atoms with Crippen LogP contribution in [0.1, 0.15) is 43.9 Å². The first-order valence-electron chi connectivity index (χ1n) is 6.57. The van der Waals surface area contributed by atoms with Crippen LogP contribution in [0.25, 0.3) is 0 Å². The highest BCUT2D eigenvalue weighted by molar-refractivity contribution is 7.11. The van der Waals surface area contributed by atoms with Gasteiger partial charge in [-0.05, 0) is 56.9 Å². The molecule has 0 spiro atoms. The fourth-order valence-corrected chi connectivity index (χ4v) is 3.21. The quantitative estimate of drug-likeness (QED) is 0.919. The van der Waals surface area contributed by atoms with Crippen molar-refractivity contribution in [2.45, 2.75) is 47.1 Å². The first kappa shape index (κ1) is 14.2. The number of benzene rings is 1. The zero-order valence-corrected chi connectivity index (χ0v) is 13.1. The normalized spacial score (nSPS) is 12.7. The number of aliphatic hydroxyl groups excluding tert-OH is 1. The second-order valence-electron chi connectivity index (χ2n) is 5.26. The average Bonchev–Trinajstić information content (AvgIpc) is 2.62. The van der Waals surface area contributed by atoms with Gasteiger partial charge in [0.1, 0.15) is 0 Å². The van der Waals surface area contributed by atoms with Gasteiger partial charge in [0.05, 0.1) is 16.8 Å². The van der Waals surface area contributed by atoms with E-state index in [1.807, 2.05) is 6.92 Å². The van der Waals surface area contributed by atoms with E-state index in [0.29, 0.717) is 6.42 Å². The molecule has 1 atom stereocenters. The van der Waals surface area contributed by atoms with Crippen LogP contribution in [0.5, 0.6) is 0 Å². The van der Waals surface area contributed by atoms with Crippen molar-refractivity contribution in [3.05, 3.63) is 50.0 Å². The van der Waals surface area contributed by atoms with Crippen LogP contribution in [0.4, 0.5) is 0 Å². The van der Waals surface area contributed by atoms with Crippen LogP contribution in [0.15, 0.2) is 12.1 Å². The van der Waals surface area contributed by atoms with E-state index in [-0.39, 0.29) is 0 Å². The molecule has 1 aromatic heterocycles. The minimum atomic E-state index is -0.468. The highest BCUT2D eigenvalue weighted by Gasteiger charge is 2.15. The Bertz CT molecular complexity index is 582. The Morgan fingerprint density at radius 3 is 2.26 bits per heavy atom. The molecule has 1 N–H and O–H groups in total. The number of nitrogens with zero attached hydrogens (tertiary/aromatic N) is 1. The lowest BCUT2D eigenvalue weighted by Crippen LogP contribution is -2.05. The van der Waals surface area contributed by atoms with Gasteiger partial charge in [-0.25, -0.2) is 4.98 Å². The summed E-state index contributed by atoms with van der Waals surface area (Å²) in [5.74, 6) is 0. The topological polar surface area (TPSA) is 33.1 Å². The largest absolute Gasteiger partial charge is 0.388 e. The van der Waals surface area contributed by atoms with Crippen molar-refractivity contribution >= 4 is 11.3 Å². The molecule has 0 saturated carbocycles. The van der Waals surface area contributed by atoms with E-state index in [1.54, 1.807) is 11.3 Å². The molecule has 1 unspecified atom stereocenters. The smallest absolute Gasteiger partial charge is 0.0960 e. The fraction of sp³-hybridized carbons (Fsp3) is 0.438. The number of aryl methyl sites for hydroxylation is 5. The Labute approximate surface area is 119 Å². The fourth-order valence-electron chi connectivity index (χ4n) is 2.24. The summed E-state index contributed by atoms with van der Waals surface area (Å²) >= 11 is 1.68. The summed E-state index contributed by atoms with van der Waals surface area (Å²) in [5, 5.41) is 11.5. The van der Waals surface area contributed by atoms with E-state index in [4.69, 9.17) is 0 Å². The summed E-state index contributed by atoms with van der Waals surface area (Å²) in [6.07, 6.45) is 0.132. The van der Waals surface area contributed by atoms with Gasteiger partial charge in [0, 0.05) is 11.3 Å². The van der Waals surface area contributed by atoms with Crippen molar-refractivity contribution in [2.75, 3.05) is 0 Å². The Morgan fingerprint density at radius 2 is 1.68 bits per heavy atom. The SMILES string of the molecule is Cc1cc(C)c(C(O)Cc2nc(C)c(C)s2)cc1C. The van der Waals surface area contributed by atoms with Crippen molar-refractivity contribution in [2.24, 2.45) is 0 Å². The maximum absolute atomic E-state index is 10.4. The van der Waals surface area contributed by atoms with Gasteiger partial charge in [-0.1, -0.05) is 12.1 Å². The van der Waals surface area contributed by atoms with E-state index < -0.39 is 6.10 Å². The molecule has 0 aliphatic carbocycles. The van der Waals surface area contributed by atoms with Crippen LogP contribution in [-0.4, -0.2) is 10.1 Å². The summed E-state index contributed by atoms with van der Waals surface area (Å²) in [6, 6.07) is 4.24. The summed E-state index contributed by atoms with van der Waals surface area (Å²) in [4.78, 5) is 5.74. The van der Waals surface area contributed by atoms with E-state index in [0.717, 1.165) is 21.8 Å². The number of thiazole rings is 1. The van der Waals surface area contributed by atoms with Gasteiger partial charge < -0.3 is 5.11 Å². The van der Waals surface area contributed by atoms with Crippen molar-refractivity contribution in [3.63, 3.8) is 0 Å². The van der Waals surface area contributed by atoms with E-state index in [1.165, 1.54) is 16.0 Å². The van der Waals surface area contributed by atoms with Crippen molar-refractivity contribution in [1.29, 1.82) is 0 Å². The predicted octanol–water partition coefficient (Wildman–Crippen LogP) is 3.96. The maximum atomic E-state index is 10.4. The van der Waals surface area contributed by atoms with Crippen LogP contribution >= 0.6 is 11.3 Å². The molecule has 1 aromatic carbocycles. The van der Waals surface area contributed by atoms with Crippen LogP contribution in [0.2, 0.25) is 0 Å². The van der Waals surface area contributed by atoms with Gasteiger partial charge in [-0.15, -0.1) is 11.3 Å². The maximum Gasteiger partial charge on any atom is 0.0960 e. The Morgan fingerprint density at radius 1 is 1.05 bits per heavy atom. The Kier molecular flexibility index (Phi) is 4.07. The molecule has 3 heteroatoms. The third kappa shape index (κ3) is 3.04. The van der Waals surface area contributed by atoms with Crippen molar-refractivity contribution in [1.82, 2.24) is 4.98 Å². The lowest BCUT2D eigenvalue weighted by molar-refractivity contribution is 0.177. The third-order valence-electron chi connectivity index (χ3n) is 3.68. The third-order valence-corrected chi connectivity index (χ3v) is 4.78. The number of hydrogen-bond acceptors (Lipinski definition) is 3. The molecule has 0 aliphatic heterocycles. The number of aromatic nitrogens is 1.